The first kappa shape index (κ1) is 23.5. The first-order chi connectivity index (χ1) is 16.2. The number of piperidine rings is 1. The van der Waals surface area contributed by atoms with E-state index in [1.807, 2.05) is 12.1 Å². The van der Waals surface area contributed by atoms with E-state index in [9.17, 15) is 9.59 Å². The summed E-state index contributed by atoms with van der Waals surface area (Å²) < 4.78 is 0. The molecular formula is C27H36N4O2. The Labute approximate surface area is 197 Å². The van der Waals surface area contributed by atoms with Crippen molar-refractivity contribution in [2.75, 3.05) is 45.8 Å². The summed E-state index contributed by atoms with van der Waals surface area (Å²) in [5.41, 5.74) is 2.44. The molecule has 2 N–H and O–H groups in total. The van der Waals surface area contributed by atoms with Gasteiger partial charge in [-0.15, -0.1) is 0 Å². The number of nitrogens with zero attached hydrogens (tertiary/aromatic N) is 2. The second-order valence-electron chi connectivity index (χ2n) is 9.13. The molecular weight excluding hydrogens is 412 g/mol. The van der Waals surface area contributed by atoms with Crippen LogP contribution in [-0.2, 0) is 9.59 Å². The second kappa shape index (κ2) is 12.0. The third-order valence-corrected chi connectivity index (χ3v) is 6.84. The standard InChI is InChI=1S/C27H36N4O2/c32-26(28-14-18-30-16-8-3-9-17-30)20-25-27(33)29-15-19-31(25)21-24(22-10-4-1-5-11-22)23-12-6-2-7-13-23/h1-2,4-7,10-13,24-25H,3,8-9,14-21H2,(H,28,32)(H,29,33). The predicted molar refractivity (Wildman–Crippen MR) is 131 cm³/mol. The summed E-state index contributed by atoms with van der Waals surface area (Å²) in [6, 6.07) is 20.4. The topological polar surface area (TPSA) is 64.7 Å². The Balaban J connectivity index is 1.40. The van der Waals surface area contributed by atoms with Gasteiger partial charge in [-0.1, -0.05) is 67.1 Å². The summed E-state index contributed by atoms with van der Waals surface area (Å²) in [5.74, 6) is 0.0466. The highest BCUT2D eigenvalue weighted by atomic mass is 16.2. The molecule has 0 saturated carbocycles. The zero-order chi connectivity index (χ0) is 22.9. The van der Waals surface area contributed by atoms with Crippen LogP contribution in [-0.4, -0.2) is 73.5 Å². The normalized spacial score (nSPS) is 19.9. The van der Waals surface area contributed by atoms with E-state index in [1.165, 1.54) is 30.4 Å². The van der Waals surface area contributed by atoms with Gasteiger partial charge >= 0.3 is 0 Å². The van der Waals surface area contributed by atoms with E-state index in [4.69, 9.17) is 0 Å². The van der Waals surface area contributed by atoms with E-state index in [0.29, 0.717) is 19.6 Å². The summed E-state index contributed by atoms with van der Waals surface area (Å²) in [4.78, 5) is 30.1. The maximum atomic E-state index is 12.8. The van der Waals surface area contributed by atoms with Gasteiger partial charge in [0.25, 0.3) is 0 Å². The van der Waals surface area contributed by atoms with E-state index in [1.54, 1.807) is 0 Å². The van der Waals surface area contributed by atoms with Crippen LogP contribution >= 0.6 is 0 Å². The molecule has 1 atom stereocenters. The zero-order valence-corrected chi connectivity index (χ0v) is 19.4. The fraction of sp³-hybridized carbons (Fsp3) is 0.481. The molecule has 6 nitrogen and oxygen atoms in total. The van der Waals surface area contributed by atoms with Crippen molar-refractivity contribution < 1.29 is 9.59 Å². The molecule has 2 aromatic rings. The lowest BCUT2D eigenvalue weighted by molar-refractivity contribution is -0.134. The molecule has 4 rings (SSSR count). The lowest BCUT2D eigenvalue weighted by Gasteiger charge is -2.37. The van der Waals surface area contributed by atoms with E-state index < -0.39 is 6.04 Å². The van der Waals surface area contributed by atoms with Crippen molar-refractivity contribution in [3.05, 3.63) is 71.8 Å². The second-order valence-corrected chi connectivity index (χ2v) is 9.13. The molecule has 6 heteroatoms. The van der Waals surface area contributed by atoms with Crippen LogP contribution in [0.15, 0.2) is 60.7 Å². The highest BCUT2D eigenvalue weighted by Crippen LogP contribution is 2.27. The first-order valence-electron chi connectivity index (χ1n) is 12.3. The molecule has 33 heavy (non-hydrogen) atoms. The minimum Gasteiger partial charge on any atom is -0.355 e. The summed E-state index contributed by atoms with van der Waals surface area (Å²) in [6.45, 7) is 5.83. The van der Waals surface area contributed by atoms with Gasteiger partial charge in [-0.25, -0.2) is 0 Å². The number of carbonyl (C=O) groups is 2. The average molecular weight is 449 g/mol. The molecule has 0 bridgehead atoms. The summed E-state index contributed by atoms with van der Waals surface area (Å²) in [5, 5.41) is 6.01. The van der Waals surface area contributed by atoms with Gasteiger partial charge in [0.15, 0.2) is 0 Å². The molecule has 2 fully saturated rings. The molecule has 2 aliphatic heterocycles. The fourth-order valence-electron chi connectivity index (χ4n) is 5.00. The van der Waals surface area contributed by atoms with Crippen LogP contribution in [0.25, 0.3) is 0 Å². The van der Waals surface area contributed by atoms with Gasteiger partial charge in [0.05, 0.1) is 12.5 Å². The molecule has 2 aliphatic rings. The lowest BCUT2D eigenvalue weighted by Crippen LogP contribution is -2.57. The summed E-state index contributed by atoms with van der Waals surface area (Å²) >= 11 is 0. The highest BCUT2D eigenvalue weighted by molar-refractivity contribution is 5.88. The van der Waals surface area contributed by atoms with Crippen molar-refractivity contribution in [1.29, 1.82) is 0 Å². The molecule has 0 radical (unpaired) electrons. The van der Waals surface area contributed by atoms with Gasteiger partial charge in [-0.3, -0.25) is 14.5 Å². The number of nitrogens with one attached hydrogen (secondary N) is 2. The Bertz CT molecular complexity index is 844. The van der Waals surface area contributed by atoms with Gasteiger partial charge in [-0.2, -0.15) is 0 Å². The Morgan fingerprint density at radius 1 is 0.939 bits per heavy atom. The molecule has 2 heterocycles. The SMILES string of the molecule is O=C(CC1C(=O)NCCN1CC(c1ccccc1)c1ccccc1)NCCN1CCCCC1. The third-order valence-electron chi connectivity index (χ3n) is 6.84. The van der Waals surface area contributed by atoms with Crippen molar-refractivity contribution in [3.8, 4) is 0 Å². The van der Waals surface area contributed by atoms with Crippen molar-refractivity contribution in [2.45, 2.75) is 37.6 Å². The fourth-order valence-corrected chi connectivity index (χ4v) is 5.00. The van der Waals surface area contributed by atoms with Crippen molar-refractivity contribution >= 4 is 11.8 Å². The van der Waals surface area contributed by atoms with Crippen molar-refractivity contribution in [2.24, 2.45) is 0 Å². The molecule has 0 aromatic heterocycles. The molecule has 2 amide bonds. The molecule has 1 unspecified atom stereocenters. The number of benzene rings is 2. The number of rotatable bonds is 9. The number of hydrogen-bond donors (Lipinski definition) is 2. The van der Waals surface area contributed by atoms with Crippen LogP contribution < -0.4 is 10.6 Å². The lowest BCUT2D eigenvalue weighted by atomic mass is 9.90. The monoisotopic (exact) mass is 448 g/mol. The van der Waals surface area contributed by atoms with Crippen LogP contribution in [0.4, 0.5) is 0 Å². The van der Waals surface area contributed by atoms with Gasteiger partial charge < -0.3 is 15.5 Å². The number of piperazine rings is 1. The molecule has 2 saturated heterocycles. The molecule has 2 aromatic carbocycles. The quantitative estimate of drug-likeness (QED) is 0.619. The Kier molecular flexibility index (Phi) is 8.50. The number of amides is 2. The smallest absolute Gasteiger partial charge is 0.237 e. The van der Waals surface area contributed by atoms with E-state index in [0.717, 1.165) is 26.2 Å². The van der Waals surface area contributed by atoms with Crippen molar-refractivity contribution in [3.63, 3.8) is 0 Å². The maximum absolute atomic E-state index is 12.8. The van der Waals surface area contributed by atoms with Gasteiger partial charge in [0, 0.05) is 38.6 Å². The van der Waals surface area contributed by atoms with Gasteiger partial charge in [-0.05, 0) is 37.1 Å². The summed E-state index contributed by atoms with van der Waals surface area (Å²) in [7, 11) is 0. The Hall–Kier alpha value is -2.70. The number of carbonyl (C=O) groups excluding carboxylic acids is 2. The van der Waals surface area contributed by atoms with Crippen LogP contribution in [0.2, 0.25) is 0 Å². The minimum absolute atomic E-state index is 0.0463. The number of hydrogen-bond acceptors (Lipinski definition) is 4. The van der Waals surface area contributed by atoms with E-state index in [-0.39, 0.29) is 24.2 Å². The van der Waals surface area contributed by atoms with Crippen molar-refractivity contribution in [1.82, 2.24) is 20.4 Å². The first-order valence-corrected chi connectivity index (χ1v) is 12.3. The number of likely N-dealkylation sites (tertiary alicyclic amines) is 1. The van der Waals surface area contributed by atoms with E-state index >= 15 is 0 Å². The van der Waals surface area contributed by atoms with Gasteiger partial charge in [0.2, 0.25) is 11.8 Å². The zero-order valence-electron chi connectivity index (χ0n) is 19.4. The third kappa shape index (κ3) is 6.65. The molecule has 0 aliphatic carbocycles. The van der Waals surface area contributed by atoms with E-state index in [2.05, 4.69) is 69.0 Å². The Morgan fingerprint density at radius 2 is 1.58 bits per heavy atom. The van der Waals surface area contributed by atoms with Crippen LogP contribution in [0.1, 0.15) is 42.7 Å². The van der Waals surface area contributed by atoms with Crippen LogP contribution in [0, 0.1) is 0 Å². The van der Waals surface area contributed by atoms with Crippen LogP contribution in [0.5, 0.6) is 0 Å². The summed E-state index contributed by atoms with van der Waals surface area (Å²) in [6.07, 6.45) is 3.99. The highest BCUT2D eigenvalue weighted by Gasteiger charge is 2.33. The molecule has 0 spiro atoms. The average Bonchev–Trinajstić information content (AvgIpc) is 2.86. The molecule has 176 valence electrons. The minimum atomic E-state index is -0.441. The predicted octanol–water partition coefficient (Wildman–Crippen LogP) is 2.61. The van der Waals surface area contributed by atoms with Gasteiger partial charge in [0.1, 0.15) is 0 Å². The maximum Gasteiger partial charge on any atom is 0.237 e. The largest absolute Gasteiger partial charge is 0.355 e. The Morgan fingerprint density at radius 3 is 2.21 bits per heavy atom. The van der Waals surface area contributed by atoms with Crippen LogP contribution in [0.3, 0.4) is 0 Å².